The van der Waals surface area contributed by atoms with Gasteiger partial charge in [0.1, 0.15) is 0 Å². The van der Waals surface area contributed by atoms with Gasteiger partial charge in [0.15, 0.2) is 0 Å². The molecule has 1 aliphatic heterocycles. The van der Waals surface area contributed by atoms with E-state index in [2.05, 4.69) is 60.0 Å². The third-order valence-corrected chi connectivity index (χ3v) is 9.85. The van der Waals surface area contributed by atoms with E-state index in [1.54, 1.807) is 0 Å². The van der Waals surface area contributed by atoms with Crippen molar-refractivity contribution < 1.29 is 4.79 Å². The highest BCUT2D eigenvalue weighted by molar-refractivity contribution is 8.21. The fourth-order valence-electron chi connectivity index (χ4n) is 4.65. The summed E-state index contributed by atoms with van der Waals surface area (Å²) in [5.41, 5.74) is 2.46. The summed E-state index contributed by atoms with van der Waals surface area (Å²) in [6.45, 7) is 2.76. The predicted molar refractivity (Wildman–Crippen MR) is 99.6 cm³/mol. The minimum absolute atomic E-state index is 0.241. The predicted octanol–water partition coefficient (Wildman–Crippen LogP) is 4.22. The minimum atomic E-state index is 0.241. The van der Waals surface area contributed by atoms with Gasteiger partial charge in [-0.2, -0.15) is 0 Å². The summed E-state index contributed by atoms with van der Waals surface area (Å²) in [5, 5.41) is 3.18. The van der Waals surface area contributed by atoms with Gasteiger partial charge < -0.3 is 5.32 Å². The van der Waals surface area contributed by atoms with Crippen molar-refractivity contribution in [3.63, 3.8) is 0 Å². The smallest absolute Gasteiger partial charge is 0.223 e. The lowest BCUT2D eigenvalue weighted by Gasteiger charge is -2.42. The Morgan fingerprint density at radius 2 is 1.74 bits per heavy atom. The van der Waals surface area contributed by atoms with Crippen molar-refractivity contribution in [3.8, 4) is 0 Å². The van der Waals surface area contributed by atoms with Crippen molar-refractivity contribution in [1.29, 1.82) is 0 Å². The summed E-state index contributed by atoms with van der Waals surface area (Å²) < 4.78 is 0.480. The van der Waals surface area contributed by atoms with E-state index in [1.807, 2.05) is 0 Å². The normalized spacial score (nSPS) is 31.4. The van der Waals surface area contributed by atoms with E-state index in [9.17, 15) is 4.79 Å². The maximum absolute atomic E-state index is 12.6. The van der Waals surface area contributed by atoms with Gasteiger partial charge >= 0.3 is 0 Å². The number of thioether (sulfide) groups is 2. The van der Waals surface area contributed by atoms with Gasteiger partial charge in [0.05, 0.1) is 4.08 Å². The molecule has 1 aromatic rings. The monoisotopic (exact) mass is 347 g/mol. The molecule has 1 N–H and O–H groups in total. The summed E-state index contributed by atoms with van der Waals surface area (Å²) in [6.07, 6.45) is 4.89. The lowest BCUT2D eigenvalue weighted by Crippen LogP contribution is -2.42. The van der Waals surface area contributed by atoms with E-state index in [1.165, 1.54) is 35.5 Å². The molecule has 4 heteroatoms. The number of hydrogen-bond acceptors (Lipinski definition) is 3. The Morgan fingerprint density at radius 1 is 1.13 bits per heavy atom. The molecule has 1 spiro atoms. The topological polar surface area (TPSA) is 29.1 Å². The number of hydrogen-bond donors (Lipinski definition) is 1. The van der Waals surface area contributed by atoms with Crippen LogP contribution in [0.1, 0.15) is 36.8 Å². The quantitative estimate of drug-likeness (QED) is 0.887. The van der Waals surface area contributed by atoms with Crippen LogP contribution < -0.4 is 5.32 Å². The molecule has 1 heterocycles. The van der Waals surface area contributed by atoms with Crippen LogP contribution in [0.15, 0.2) is 24.3 Å². The van der Waals surface area contributed by atoms with Gasteiger partial charge in [-0.1, -0.05) is 29.8 Å². The molecule has 0 radical (unpaired) electrons. The Labute approximate surface area is 147 Å². The van der Waals surface area contributed by atoms with Crippen molar-refractivity contribution in [3.05, 3.63) is 35.4 Å². The fourth-order valence-corrected chi connectivity index (χ4v) is 8.59. The minimum Gasteiger partial charge on any atom is -0.352 e. The molecule has 2 nitrogen and oxygen atoms in total. The van der Waals surface area contributed by atoms with Crippen molar-refractivity contribution in [2.75, 3.05) is 11.5 Å². The number of carbonyl (C=O) groups is 1. The zero-order valence-electron chi connectivity index (χ0n) is 13.7. The Kier molecular flexibility index (Phi) is 4.39. The third-order valence-electron chi connectivity index (χ3n) is 5.84. The van der Waals surface area contributed by atoms with Crippen LogP contribution in [0.3, 0.4) is 0 Å². The largest absolute Gasteiger partial charge is 0.352 e. The molecular formula is C19H25NOS2. The number of amides is 1. The zero-order chi connectivity index (χ0) is 15.9. The standard InChI is InChI=1S/C19H25NOS2/c1-13-2-4-14(5-3-13)12-20-18(21)15-10-16-6-7-17(11-15)19(16)22-8-9-23-19/h2-5,15-17H,6-12H2,1H3,(H,20,21)/t15?,16-,17+. The molecule has 4 rings (SSSR count). The van der Waals surface area contributed by atoms with E-state index in [-0.39, 0.29) is 11.8 Å². The molecule has 124 valence electrons. The van der Waals surface area contributed by atoms with Crippen LogP contribution in [0.2, 0.25) is 0 Å². The second-order valence-corrected chi connectivity index (χ2v) is 10.3. The van der Waals surface area contributed by atoms with E-state index in [0.29, 0.717) is 10.6 Å². The van der Waals surface area contributed by atoms with Gasteiger partial charge in [0.2, 0.25) is 5.91 Å². The van der Waals surface area contributed by atoms with Crippen LogP contribution in [-0.2, 0) is 11.3 Å². The average molecular weight is 348 g/mol. The molecule has 3 fully saturated rings. The second-order valence-electron chi connectivity index (χ2n) is 7.26. The van der Waals surface area contributed by atoms with Gasteiger partial charge in [0.25, 0.3) is 0 Å². The van der Waals surface area contributed by atoms with Crippen molar-refractivity contribution in [2.45, 2.75) is 43.2 Å². The molecule has 1 aromatic carbocycles. The first kappa shape index (κ1) is 15.9. The van der Waals surface area contributed by atoms with Crippen molar-refractivity contribution in [1.82, 2.24) is 5.32 Å². The molecule has 2 bridgehead atoms. The highest BCUT2D eigenvalue weighted by atomic mass is 32.2. The molecule has 2 aliphatic carbocycles. The van der Waals surface area contributed by atoms with Gasteiger partial charge in [-0.05, 0) is 50.0 Å². The summed E-state index contributed by atoms with van der Waals surface area (Å²) in [4.78, 5) is 12.6. The van der Waals surface area contributed by atoms with Crippen LogP contribution in [0.25, 0.3) is 0 Å². The summed E-state index contributed by atoms with van der Waals surface area (Å²) in [7, 11) is 0. The molecular weight excluding hydrogens is 322 g/mol. The average Bonchev–Trinajstić information content (AvgIpc) is 3.09. The van der Waals surface area contributed by atoms with Gasteiger partial charge in [-0.15, -0.1) is 23.5 Å². The van der Waals surface area contributed by atoms with Crippen molar-refractivity contribution >= 4 is 29.4 Å². The van der Waals surface area contributed by atoms with Gasteiger partial charge in [0, 0.05) is 24.0 Å². The molecule has 1 saturated heterocycles. The number of rotatable bonds is 3. The first-order chi connectivity index (χ1) is 11.2. The molecule has 23 heavy (non-hydrogen) atoms. The Balaban J connectivity index is 1.36. The summed E-state index contributed by atoms with van der Waals surface area (Å²) in [5.74, 6) is 4.66. The van der Waals surface area contributed by atoms with Crippen LogP contribution >= 0.6 is 23.5 Å². The molecule has 1 unspecified atom stereocenters. The molecule has 2 saturated carbocycles. The number of aryl methyl sites for hydroxylation is 1. The highest BCUT2D eigenvalue weighted by Gasteiger charge is 2.57. The number of nitrogens with one attached hydrogen (secondary N) is 1. The van der Waals surface area contributed by atoms with E-state index in [0.717, 1.165) is 24.7 Å². The second kappa shape index (κ2) is 6.36. The molecule has 0 aromatic heterocycles. The Hall–Kier alpha value is -0.610. The van der Waals surface area contributed by atoms with Crippen LogP contribution in [0.4, 0.5) is 0 Å². The molecule has 3 aliphatic rings. The summed E-state index contributed by atoms with van der Waals surface area (Å²) >= 11 is 4.40. The van der Waals surface area contributed by atoms with Gasteiger partial charge in [-0.25, -0.2) is 0 Å². The highest BCUT2D eigenvalue weighted by Crippen LogP contribution is 2.65. The maximum atomic E-state index is 12.6. The van der Waals surface area contributed by atoms with Gasteiger partial charge in [-0.3, -0.25) is 4.79 Å². The zero-order valence-corrected chi connectivity index (χ0v) is 15.3. The van der Waals surface area contributed by atoms with Crippen LogP contribution in [-0.4, -0.2) is 21.5 Å². The van der Waals surface area contributed by atoms with Crippen LogP contribution in [0, 0.1) is 24.7 Å². The van der Waals surface area contributed by atoms with Crippen LogP contribution in [0.5, 0.6) is 0 Å². The first-order valence-corrected chi connectivity index (χ1v) is 10.8. The maximum Gasteiger partial charge on any atom is 0.223 e. The first-order valence-electron chi connectivity index (χ1n) is 8.78. The lowest BCUT2D eigenvalue weighted by molar-refractivity contribution is -0.126. The van der Waals surface area contributed by atoms with E-state index in [4.69, 9.17) is 0 Å². The number of benzene rings is 1. The number of carbonyl (C=O) groups excluding carboxylic acids is 1. The lowest BCUT2D eigenvalue weighted by atomic mass is 9.79. The molecule has 1 amide bonds. The third kappa shape index (κ3) is 2.93. The van der Waals surface area contributed by atoms with E-state index < -0.39 is 0 Å². The van der Waals surface area contributed by atoms with Crippen molar-refractivity contribution in [2.24, 2.45) is 17.8 Å². The summed E-state index contributed by atoms with van der Waals surface area (Å²) in [6, 6.07) is 8.45. The Bertz CT molecular complexity index is 564. The molecule has 3 atom stereocenters. The fraction of sp³-hybridized carbons (Fsp3) is 0.632. The Morgan fingerprint density at radius 3 is 2.35 bits per heavy atom. The van der Waals surface area contributed by atoms with E-state index >= 15 is 0 Å². The SMILES string of the molecule is Cc1ccc(CNC(=O)C2C[C@H]3CC[C@@H](C2)C32SCCS2)cc1.